The van der Waals surface area contributed by atoms with Crippen LogP contribution in [0.2, 0.25) is 0 Å². The van der Waals surface area contributed by atoms with Crippen molar-refractivity contribution in [2.24, 2.45) is 0 Å². The summed E-state index contributed by atoms with van der Waals surface area (Å²) in [7, 11) is 3.90. The maximum Gasteiger partial charge on any atom is 0.340 e. The molecule has 1 heterocycles. The molecule has 0 atom stereocenters. The molecule has 0 aliphatic rings. The first-order valence-corrected chi connectivity index (χ1v) is 13.3. The van der Waals surface area contributed by atoms with E-state index in [-0.39, 0.29) is 30.7 Å². The molecule has 3 aromatic carbocycles. The van der Waals surface area contributed by atoms with Crippen LogP contribution in [-0.4, -0.2) is 41.2 Å². The lowest BCUT2D eigenvalue weighted by atomic mass is 10.0. The number of aromatic nitrogens is 1. The summed E-state index contributed by atoms with van der Waals surface area (Å²) >= 11 is 5.23. The van der Waals surface area contributed by atoms with Gasteiger partial charge in [0.25, 0.3) is 0 Å². The molecular formula is C28H30BrClN2O3S. The van der Waals surface area contributed by atoms with E-state index in [1.54, 1.807) is 11.8 Å². The average molecular weight is 590 g/mol. The molecule has 36 heavy (non-hydrogen) atoms. The Morgan fingerprint density at radius 3 is 2.33 bits per heavy atom. The maximum atomic E-state index is 13.4. The number of phenols is 1. The van der Waals surface area contributed by atoms with Crippen molar-refractivity contribution in [2.75, 3.05) is 20.7 Å². The molecule has 0 saturated carbocycles. The second kappa shape index (κ2) is 12.7. The number of ether oxygens (including phenoxy) is 1. The molecular weight excluding hydrogens is 560 g/mol. The third-order valence-electron chi connectivity index (χ3n) is 5.74. The minimum Gasteiger partial charge on any atom is -0.506 e. The summed E-state index contributed by atoms with van der Waals surface area (Å²) < 4.78 is 8.35. The first-order chi connectivity index (χ1) is 16.9. The Hall–Kier alpha value is -2.45. The zero-order valence-corrected chi connectivity index (χ0v) is 23.8. The van der Waals surface area contributed by atoms with Crippen molar-refractivity contribution in [2.45, 2.75) is 30.7 Å². The third kappa shape index (κ3) is 6.09. The summed E-state index contributed by atoms with van der Waals surface area (Å²) in [6.45, 7) is 3.17. The number of carbonyl (C=O) groups is 1. The van der Waals surface area contributed by atoms with Crippen LogP contribution in [-0.2, 0) is 23.6 Å². The van der Waals surface area contributed by atoms with Crippen molar-refractivity contribution in [1.29, 1.82) is 0 Å². The summed E-state index contributed by atoms with van der Waals surface area (Å²) in [4.78, 5) is 16.5. The number of carbonyl (C=O) groups excluding carboxylic acids is 1. The predicted octanol–water partition coefficient (Wildman–Crippen LogP) is 7.11. The van der Waals surface area contributed by atoms with E-state index in [1.807, 2.05) is 68.4 Å². The molecule has 0 aliphatic carbocycles. The number of hydrogen-bond acceptors (Lipinski definition) is 5. The summed E-state index contributed by atoms with van der Waals surface area (Å²) in [5.41, 5.74) is 4.14. The van der Waals surface area contributed by atoms with Crippen molar-refractivity contribution >= 4 is 57.0 Å². The van der Waals surface area contributed by atoms with Crippen LogP contribution in [0, 0.1) is 0 Å². The summed E-state index contributed by atoms with van der Waals surface area (Å²) in [5.74, 6) is 0.366. The Morgan fingerprint density at radius 2 is 1.72 bits per heavy atom. The number of halogens is 2. The van der Waals surface area contributed by atoms with Gasteiger partial charge >= 0.3 is 5.97 Å². The fourth-order valence-corrected chi connectivity index (χ4v) is 5.66. The van der Waals surface area contributed by atoms with Crippen LogP contribution >= 0.6 is 40.1 Å². The number of phenolic OH excluding ortho intramolecular Hbond substituents is 1. The average Bonchev–Trinajstić information content (AvgIpc) is 3.14. The Labute approximate surface area is 231 Å². The monoisotopic (exact) mass is 588 g/mol. The van der Waals surface area contributed by atoms with E-state index < -0.39 is 0 Å². The lowest BCUT2D eigenvalue weighted by Gasteiger charge is -2.15. The number of aromatic hydroxyl groups is 1. The highest BCUT2D eigenvalue weighted by atomic mass is 79.9. The lowest BCUT2D eigenvalue weighted by molar-refractivity contribution is 0.0527. The Balaban J connectivity index is 0.00000361. The summed E-state index contributed by atoms with van der Waals surface area (Å²) in [6, 6.07) is 22.3. The van der Waals surface area contributed by atoms with Gasteiger partial charge in [0, 0.05) is 40.4 Å². The van der Waals surface area contributed by atoms with Crippen LogP contribution in [0.3, 0.4) is 0 Å². The van der Waals surface area contributed by atoms with Gasteiger partial charge in [-0.05, 0) is 60.7 Å². The highest BCUT2D eigenvalue weighted by Crippen LogP contribution is 2.41. The first kappa shape index (κ1) is 28.1. The number of fused-ring (bicyclic) bond motifs is 1. The fourth-order valence-electron chi connectivity index (χ4n) is 4.25. The fraction of sp³-hybridized carbons (Fsp3) is 0.250. The topological polar surface area (TPSA) is 54.7 Å². The molecule has 0 amide bonds. The van der Waals surface area contributed by atoms with Crippen molar-refractivity contribution in [1.82, 2.24) is 9.47 Å². The number of thioether (sulfide) groups is 1. The van der Waals surface area contributed by atoms with Crippen molar-refractivity contribution in [3.05, 3.63) is 93.6 Å². The molecule has 0 bridgehead atoms. The van der Waals surface area contributed by atoms with Gasteiger partial charge in [-0.25, -0.2) is 4.79 Å². The van der Waals surface area contributed by atoms with Gasteiger partial charge in [-0.3, -0.25) is 0 Å². The normalized spacial score (nSPS) is 11.0. The SMILES string of the molecule is CCOC(=O)c1c(CSc2ccccc2)n(Cc2ccccc2)c2cc(Br)c(O)c(CN(C)C)c12.Cl. The molecule has 190 valence electrons. The molecule has 0 radical (unpaired) electrons. The van der Waals surface area contributed by atoms with E-state index in [1.165, 1.54) is 0 Å². The van der Waals surface area contributed by atoms with Crippen LogP contribution < -0.4 is 0 Å². The van der Waals surface area contributed by atoms with Gasteiger partial charge in [0.05, 0.1) is 22.2 Å². The van der Waals surface area contributed by atoms with E-state index in [2.05, 4.69) is 44.8 Å². The maximum absolute atomic E-state index is 13.4. The smallest absolute Gasteiger partial charge is 0.340 e. The highest BCUT2D eigenvalue weighted by molar-refractivity contribution is 9.10. The van der Waals surface area contributed by atoms with Crippen molar-refractivity contribution in [3.8, 4) is 5.75 Å². The summed E-state index contributed by atoms with van der Waals surface area (Å²) in [6.07, 6.45) is 0. The number of benzene rings is 3. The standard InChI is InChI=1S/C28H29BrN2O3S.ClH/c1-4-34-28(33)26-24(18-35-20-13-9-6-10-14-20)31(16-19-11-7-5-8-12-19)23-15-22(29)27(32)21(25(23)26)17-30(2)3;/h5-15,32H,4,16-18H2,1-3H3;1H. The van der Waals surface area contributed by atoms with Crippen LogP contribution in [0.15, 0.2) is 76.1 Å². The number of rotatable bonds is 9. The second-order valence-electron chi connectivity index (χ2n) is 8.53. The molecule has 0 fully saturated rings. The van der Waals surface area contributed by atoms with E-state index in [9.17, 15) is 9.90 Å². The first-order valence-electron chi connectivity index (χ1n) is 11.5. The van der Waals surface area contributed by atoms with E-state index in [0.717, 1.165) is 27.1 Å². The van der Waals surface area contributed by atoms with Crippen LogP contribution in [0.1, 0.15) is 34.1 Å². The molecule has 0 unspecified atom stereocenters. The van der Waals surface area contributed by atoms with E-state index >= 15 is 0 Å². The number of nitrogens with zero attached hydrogens (tertiary/aromatic N) is 2. The quantitative estimate of drug-likeness (QED) is 0.167. The van der Waals surface area contributed by atoms with Gasteiger partial charge in [-0.1, -0.05) is 48.5 Å². The largest absolute Gasteiger partial charge is 0.506 e. The molecule has 1 aromatic heterocycles. The number of esters is 1. The van der Waals surface area contributed by atoms with Gasteiger partial charge in [0.15, 0.2) is 0 Å². The zero-order valence-electron chi connectivity index (χ0n) is 20.5. The van der Waals surface area contributed by atoms with Gasteiger partial charge in [-0.2, -0.15) is 0 Å². The Kier molecular flexibility index (Phi) is 9.91. The second-order valence-corrected chi connectivity index (χ2v) is 10.4. The van der Waals surface area contributed by atoms with Crippen LogP contribution in [0.5, 0.6) is 5.75 Å². The highest BCUT2D eigenvalue weighted by Gasteiger charge is 2.28. The summed E-state index contributed by atoms with van der Waals surface area (Å²) in [5, 5.41) is 11.8. The molecule has 0 saturated heterocycles. The minimum absolute atomic E-state index is 0. The Morgan fingerprint density at radius 1 is 1.08 bits per heavy atom. The molecule has 5 nitrogen and oxygen atoms in total. The van der Waals surface area contributed by atoms with Crippen LogP contribution in [0.4, 0.5) is 0 Å². The van der Waals surface area contributed by atoms with E-state index in [0.29, 0.717) is 34.4 Å². The van der Waals surface area contributed by atoms with E-state index in [4.69, 9.17) is 4.74 Å². The Bertz CT molecular complexity index is 1330. The zero-order chi connectivity index (χ0) is 24.9. The van der Waals surface area contributed by atoms with Crippen LogP contribution in [0.25, 0.3) is 10.9 Å². The lowest BCUT2D eigenvalue weighted by Crippen LogP contribution is -2.13. The number of hydrogen-bond donors (Lipinski definition) is 1. The van der Waals surface area contributed by atoms with Crippen molar-refractivity contribution < 1.29 is 14.6 Å². The predicted molar refractivity (Wildman–Crippen MR) is 153 cm³/mol. The van der Waals surface area contributed by atoms with Gasteiger partial charge in [-0.15, -0.1) is 24.2 Å². The minimum atomic E-state index is -0.366. The van der Waals surface area contributed by atoms with Gasteiger partial charge in [0.2, 0.25) is 0 Å². The van der Waals surface area contributed by atoms with Gasteiger partial charge < -0.3 is 19.3 Å². The van der Waals surface area contributed by atoms with Crippen molar-refractivity contribution in [3.63, 3.8) is 0 Å². The molecule has 1 N–H and O–H groups in total. The molecule has 4 aromatic rings. The third-order valence-corrected chi connectivity index (χ3v) is 7.37. The molecule has 8 heteroatoms. The van der Waals surface area contributed by atoms with Gasteiger partial charge in [0.1, 0.15) is 5.75 Å². The molecule has 4 rings (SSSR count). The molecule has 0 aliphatic heterocycles. The molecule has 0 spiro atoms.